The van der Waals surface area contributed by atoms with Gasteiger partial charge in [0.15, 0.2) is 0 Å². The van der Waals surface area contributed by atoms with E-state index in [2.05, 4.69) is 50.1 Å². The molecule has 3 nitrogen and oxygen atoms in total. The lowest BCUT2D eigenvalue weighted by atomic mass is 9.98. The third-order valence-electron chi connectivity index (χ3n) is 3.00. The quantitative estimate of drug-likeness (QED) is 0.860. The van der Waals surface area contributed by atoms with Gasteiger partial charge in [0.05, 0.1) is 5.69 Å². The average molecular weight is 229 g/mol. The molecule has 90 valence electrons. The standard InChI is InChI=1S/C14H19N3/c1-9(2)12-13(16-17(4)14(12)15)11-7-5-6-10(3)8-11/h5-9H,15H2,1-4H3. The SMILES string of the molecule is Cc1cccc(-c2nn(C)c(N)c2C(C)C)c1. The minimum Gasteiger partial charge on any atom is -0.384 e. The van der Waals surface area contributed by atoms with Gasteiger partial charge in [-0.25, -0.2) is 0 Å². The maximum Gasteiger partial charge on any atom is 0.125 e. The Balaban J connectivity index is 2.63. The number of hydrogen-bond acceptors (Lipinski definition) is 2. The van der Waals surface area contributed by atoms with Gasteiger partial charge in [0.2, 0.25) is 0 Å². The Labute approximate surface area is 102 Å². The Morgan fingerprint density at radius 1 is 1.29 bits per heavy atom. The topological polar surface area (TPSA) is 43.8 Å². The first-order valence-corrected chi connectivity index (χ1v) is 5.90. The number of hydrogen-bond donors (Lipinski definition) is 1. The highest BCUT2D eigenvalue weighted by Crippen LogP contribution is 2.32. The van der Waals surface area contributed by atoms with Gasteiger partial charge in [-0.15, -0.1) is 0 Å². The maximum absolute atomic E-state index is 6.08. The monoisotopic (exact) mass is 229 g/mol. The van der Waals surface area contributed by atoms with Crippen LogP contribution < -0.4 is 5.73 Å². The molecule has 1 aromatic heterocycles. The summed E-state index contributed by atoms with van der Waals surface area (Å²) in [4.78, 5) is 0. The van der Waals surface area contributed by atoms with E-state index in [9.17, 15) is 0 Å². The fourth-order valence-corrected chi connectivity index (χ4v) is 2.13. The predicted molar refractivity (Wildman–Crippen MR) is 71.9 cm³/mol. The van der Waals surface area contributed by atoms with Crippen molar-refractivity contribution in [1.82, 2.24) is 9.78 Å². The van der Waals surface area contributed by atoms with Crippen LogP contribution in [0.2, 0.25) is 0 Å². The van der Waals surface area contributed by atoms with E-state index in [4.69, 9.17) is 5.73 Å². The van der Waals surface area contributed by atoms with Crippen LogP contribution in [0, 0.1) is 6.92 Å². The zero-order valence-electron chi connectivity index (χ0n) is 10.9. The molecule has 0 bridgehead atoms. The van der Waals surface area contributed by atoms with Crippen LogP contribution >= 0.6 is 0 Å². The van der Waals surface area contributed by atoms with Gasteiger partial charge >= 0.3 is 0 Å². The Morgan fingerprint density at radius 2 is 2.00 bits per heavy atom. The number of aryl methyl sites for hydroxylation is 2. The Morgan fingerprint density at radius 3 is 2.59 bits per heavy atom. The van der Waals surface area contributed by atoms with Crippen LogP contribution in [0.25, 0.3) is 11.3 Å². The van der Waals surface area contributed by atoms with Crippen LogP contribution in [-0.4, -0.2) is 9.78 Å². The van der Waals surface area contributed by atoms with Crippen LogP contribution in [-0.2, 0) is 7.05 Å². The zero-order valence-corrected chi connectivity index (χ0v) is 10.9. The van der Waals surface area contributed by atoms with E-state index >= 15 is 0 Å². The molecule has 1 aromatic carbocycles. The van der Waals surface area contributed by atoms with Crippen molar-refractivity contribution in [2.24, 2.45) is 7.05 Å². The van der Waals surface area contributed by atoms with E-state index in [-0.39, 0.29) is 0 Å². The third kappa shape index (κ3) is 2.05. The normalized spacial score (nSPS) is 11.1. The van der Waals surface area contributed by atoms with Gasteiger partial charge in [-0.1, -0.05) is 37.6 Å². The van der Waals surface area contributed by atoms with Crippen molar-refractivity contribution >= 4 is 5.82 Å². The lowest BCUT2D eigenvalue weighted by Crippen LogP contribution is -2.00. The largest absolute Gasteiger partial charge is 0.384 e. The Bertz CT molecular complexity index is 538. The number of nitrogen functional groups attached to an aromatic ring is 1. The highest BCUT2D eigenvalue weighted by molar-refractivity contribution is 5.69. The summed E-state index contributed by atoms with van der Waals surface area (Å²) >= 11 is 0. The fraction of sp³-hybridized carbons (Fsp3) is 0.357. The molecule has 17 heavy (non-hydrogen) atoms. The summed E-state index contributed by atoms with van der Waals surface area (Å²) in [6.07, 6.45) is 0. The number of rotatable bonds is 2. The first kappa shape index (κ1) is 11.7. The molecule has 2 N–H and O–H groups in total. The molecule has 0 aliphatic rings. The molecule has 0 atom stereocenters. The van der Waals surface area contributed by atoms with Crippen molar-refractivity contribution in [2.75, 3.05) is 5.73 Å². The molecule has 0 saturated carbocycles. The molecule has 3 heteroatoms. The van der Waals surface area contributed by atoms with Gasteiger partial charge in [0.25, 0.3) is 0 Å². The molecular formula is C14H19N3. The van der Waals surface area contributed by atoms with Crippen LogP contribution in [0.5, 0.6) is 0 Å². The first-order valence-electron chi connectivity index (χ1n) is 5.90. The predicted octanol–water partition coefficient (Wildman–Crippen LogP) is 3.10. The smallest absolute Gasteiger partial charge is 0.125 e. The molecule has 0 amide bonds. The molecule has 0 aliphatic heterocycles. The highest BCUT2D eigenvalue weighted by Gasteiger charge is 2.17. The molecule has 0 radical (unpaired) electrons. The van der Waals surface area contributed by atoms with Gasteiger partial charge < -0.3 is 5.73 Å². The maximum atomic E-state index is 6.08. The lowest BCUT2D eigenvalue weighted by molar-refractivity contribution is 0.780. The molecule has 1 heterocycles. The van der Waals surface area contributed by atoms with Crippen molar-refractivity contribution in [1.29, 1.82) is 0 Å². The minimum atomic E-state index is 0.374. The van der Waals surface area contributed by atoms with Crippen LogP contribution in [0.1, 0.15) is 30.9 Å². The molecule has 2 rings (SSSR count). The summed E-state index contributed by atoms with van der Waals surface area (Å²) in [7, 11) is 1.89. The number of benzene rings is 1. The second-order valence-corrected chi connectivity index (χ2v) is 4.80. The van der Waals surface area contributed by atoms with Crippen molar-refractivity contribution in [3.8, 4) is 11.3 Å². The summed E-state index contributed by atoms with van der Waals surface area (Å²) in [5, 5.41) is 4.53. The van der Waals surface area contributed by atoms with E-state index in [0.29, 0.717) is 5.92 Å². The van der Waals surface area contributed by atoms with E-state index in [1.165, 1.54) is 5.56 Å². The van der Waals surface area contributed by atoms with Gasteiger partial charge in [-0.2, -0.15) is 5.10 Å². The Hall–Kier alpha value is -1.77. The second-order valence-electron chi connectivity index (χ2n) is 4.80. The minimum absolute atomic E-state index is 0.374. The summed E-state index contributed by atoms with van der Waals surface area (Å²) in [5.41, 5.74) is 10.6. The number of anilines is 1. The summed E-state index contributed by atoms with van der Waals surface area (Å²) in [6, 6.07) is 8.37. The molecule has 0 spiro atoms. The molecule has 0 aliphatic carbocycles. The molecule has 0 fully saturated rings. The molecule has 0 unspecified atom stereocenters. The summed E-state index contributed by atoms with van der Waals surface area (Å²) in [6.45, 7) is 6.38. The Kier molecular flexibility index (Phi) is 2.92. The average Bonchev–Trinajstić information content (AvgIpc) is 2.55. The van der Waals surface area contributed by atoms with Crippen LogP contribution in [0.4, 0.5) is 5.82 Å². The van der Waals surface area contributed by atoms with Gasteiger partial charge in [0, 0.05) is 18.2 Å². The molecule has 0 saturated heterocycles. The van der Waals surface area contributed by atoms with Crippen molar-refractivity contribution in [3.63, 3.8) is 0 Å². The molecular weight excluding hydrogens is 210 g/mol. The third-order valence-corrected chi connectivity index (χ3v) is 3.00. The van der Waals surface area contributed by atoms with Crippen molar-refractivity contribution < 1.29 is 0 Å². The number of nitrogens with zero attached hydrogens (tertiary/aromatic N) is 2. The van der Waals surface area contributed by atoms with E-state index in [0.717, 1.165) is 22.6 Å². The van der Waals surface area contributed by atoms with E-state index in [1.807, 2.05) is 7.05 Å². The fourth-order valence-electron chi connectivity index (χ4n) is 2.13. The first-order chi connectivity index (χ1) is 8.00. The number of nitrogens with two attached hydrogens (primary N) is 1. The van der Waals surface area contributed by atoms with Gasteiger partial charge in [-0.05, 0) is 18.9 Å². The number of aromatic nitrogens is 2. The highest BCUT2D eigenvalue weighted by atomic mass is 15.3. The zero-order chi connectivity index (χ0) is 12.6. The van der Waals surface area contributed by atoms with Crippen molar-refractivity contribution in [3.05, 3.63) is 35.4 Å². The van der Waals surface area contributed by atoms with Gasteiger partial charge in [-0.3, -0.25) is 4.68 Å². The summed E-state index contributed by atoms with van der Waals surface area (Å²) < 4.78 is 1.76. The summed E-state index contributed by atoms with van der Waals surface area (Å²) in [5.74, 6) is 1.13. The second kappa shape index (κ2) is 4.24. The van der Waals surface area contributed by atoms with Crippen molar-refractivity contribution in [2.45, 2.75) is 26.7 Å². The van der Waals surface area contributed by atoms with Crippen LogP contribution in [0.3, 0.4) is 0 Å². The van der Waals surface area contributed by atoms with E-state index < -0.39 is 0 Å². The lowest BCUT2D eigenvalue weighted by Gasteiger charge is -2.07. The molecule has 2 aromatic rings. The van der Waals surface area contributed by atoms with E-state index in [1.54, 1.807) is 4.68 Å². The van der Waals surface area contributed by atoms with Gasteiger partial charge in [0.1, 0.15) is 5.82 Å². The van der Waals surface area contributed by atoms with Crippen LogP contribution in [0.15, 0.2) is 24.3 Å².